The average Bonchev–Trinajstić information content (AvgIpc) is 3.08. The Hall–Kier alpha value is -2.55. The maximum absolute atomic E-state index is 12.6. The van der Waals surface area contributed by atoms with Gasteiger partial charge in [0.25, 0.3) is 5.91 Å². The first-order chi connectivity index (χ1) is 15.3. The highest BCUT2D eigenvalue weighted by atomic mass is 35.5. The largest absolute Gasteiger partial charge is 0.452 e. The fraction of sp³-hybridized carbons (Fsp3) is 0.273. The van der Waals surface area contributed by atoms with Gasteiger partial charge in [0.15, 0.2) is 6.61 Å². The van der Waals surface area contributed by atoms with Crippen LogP contribution in [0.4, 0.5) is 0 Å². The van der Waals surface area contributed by atoms with E-state index in [0.717, 1.165) is 17.0 Å². The summed E-state index contributed by atoms with van der Waals surface area (Å²) in [6, 6.07) is 7.89. The summed E-state index contributed by atoms with van der Waals surface area (Å²) in [5.74, 6) is 0.178. The smallest absolute Gasteiger partial charge is 0.341 e. The molecule has 0 aliphatic rings. The summed E-state index contributed by atoms with van der Waals surface area (Å²) >= 11 is 13.5. The van der Waals surface area contributed by atoms with E-state index < -0.39 is 18.5 Å². The Bertz CT molecular complexity index is 1120. The predicted octanol–water partition coefficient (Wildman–Crippen LogP) is 5.32. The third kappa shape index (κ3) is 6.03. The number of nitrogens with one attached hydrogen (secondary N) is 1. The number of thioether (sulfide) groups is 1. The zero-order chi connectivity index (χ0) is 23.3. The van der Waals surface area contributed by atoms with Gasteiger partial charge in [0.05, 0.1) is 17.3 Å². The Morgan fingerprint density at radius 3 is 2.72 bits per heavy atom. The summed E-state index contributed by atoms with van der Waals surface area (Å²) in [6.07, 6.45) is 1.59. The molecule has 1 amide bonds. The molecule has 0 aliphatic heterocycles. The molecule has 168 valence electrons. The number of amides is 1. The van der Waals surface area contributed by atoms with Crippen molar-refractivity contribution in [2.75, 3.05) is 6.61 Å². The number of hydrogen-bond donors (Lipinski definition) is 1. The molecule has 1 unspecified atom stereocenters. The van der Waals surface area contributed by atoms with Crippen LogP contribution in [-0.2, 0) is 15.3 Å². The van der Waals surface area contributed by atoms with Crippen LogP contribution < -0.4 is 5.32 Å². The van der Waals surface area contributed by atoms with Crippen LogP contribution in [0.5, 0.6) is 0 Å². The number of rotatable bonds is 8. The standard InChI is InChI=1S/C22H21Cl2N3O4S/c1-12(16-7-6-15(23)9-19(16)24)26-20(28)10-30-22(29)17-5-4-8-25-21(17)32-11-18-13(2)27-31-14(18)3/h4-9,12H,10-11H2,1-3H3,(H,26,28). The van der Waals surface area contributed by atoms with Crippen molar-refractivity contribution >= 4 is 46.8 Å². The van der Waals surface area contributed by atoms with E-state index in [-0.39, 0.29) is 11.6 Å². The number of aromatic nitrogens is 2. The number of benzene rings is 1. The summed E-state index contributed by atoms with van der Waals surface area (Å²) in [7, 11) is 0. The highest BCUT2D eigenvalue weighted by molar-refractivity contribution is 7.98. The van der Waals surface area contributed by atoms with Crippen molar-refractivity contribution in [1.82, 2.24) is 15.5 Å². The molecule has 10 heteroatoms. The molecule has 0 saturated carbocycles. The molecule has 3 aromatic rings. The number of aryl methyl sites for hydroxylation is 2. The van der Waals surface area contributed by atoms with E-state index in [1.165, 1.54) is 11.8 Å². The third-order valence-electron chi connectivity index (χ3n) is 4.67. The van der Waals surface area contributed by atoms with Gasteiger partial charge >= 0.3 is 5.97 Å². The quantitative estimate of drug-likeness (QED) is 0.335. The zero-order valence-corrected chi connectivity index (χ0v) is 20.0. The van der Waals surface area contributed by atoms with Crippen LogP contribution in [0.2, 0.25) is 10.0 Å². The lowest BCUT2D eigenvalue weighted by atomic mass is 10.1. The molecule has 7 nitrogen and oxygen atoms in total. The molecule has 0 spiro atoms. The number of carbonyl (C=O) groups excluding carboxylic acids is 2. The van der Waals surface area contributed by atoms with E-state index in [1.807, 2.05) is 13.8 Å². The van der Waals surface area contributed by atoms with Crippen molar-refractivity contribution in [3.63, 3.8) is 0 Å². The summed E-state index contributed by atoms with van der Waals surface area (Å²) < 4.78 is 10.4. The van der Waals surface area contributed by atoms with E-state index >= 15 is 0 Å². The highest BCUT2D eigenvalue weighted by Crippen LogP contribution is 2.28. The number of hydrogen-bond acceptors (Lipinski definition) is 7. The van der Waals surface area contributed by atoms with Crippen molar-refractivity contribution in [2.45, 2.75) is 37.6 Å². The van der Waals surface area contributed by atoms with Crippen LogP contribution in [-0.4, -0.2) is 28.6 Å². The number of pyridine rings is 1. The first-order valence-corrected chi connectivity index (χ1v) is 11.4. The first-order valence-electron chi connectivity index (χ1n) is 9.67. The SMILES string of the molecule is Cc1noc(C)c1CSc1ncccc1C(=O)OCC(=O)NC(C)c1ccc(Cl)cc1Cl. The summed E-state index contributed by atoms with van der Waals surface area (Å²) in [4.78, 5) is 29.2. The number of esters is 1. The van der Waals surface area contributed by atoms with Gasteiger partial charge in [0.2, 0.25) is 0 Å². The second-order valence-corrected chi connectivity index (χ2v) is 8.79. The van der Waals surface area contributed by atoms with Crippen molar-refractivity contribution in [3.05, 3.63) is 74.7 Å². The molecule has 0 fully saturated rings. The summed E-state index contributed by atoms with van der Waals surface area (Å²) in [5.41, 5.74) is 2.74. The van der Waals surface area contributed by atoms with Gasteiger partial charge in [-0.25, -0.2) is 9.78 Å². The van der Waals surface area contributed by atoms with Crippen LogP contribution >= 0.6 is 35.0 Å². The second-order valence-electron chi connectivity index (χ2n) is 6.98. The van der Waals surface area contributed by atoms with Crippen molar-refractivity contribution in [2.24, 2.45) is 0 Å². The predicted molar refractivity (Wildman–Crippen MR) is 123 cm³/mol. The maximum atomic E-state index is 12.6. The van der Waals surface area contributed by atoms with Gasteiger partial charge in [-0.05, 0) is 50.6 Å². The van der Waals surface area contributed by atoms with Crippen LogP contribution in [0.3, 0.4) is 0 Å². The molecule has 1 N–H and O–H groups in total. The summed E-state index contributed by atoms with van der Waals surface area (Å²) in [5, 5.41) is 8.13. The van der Waals surface area contributed by atoms with Gasteiger partial charge in [-0.2, -0.15) is 0 Å². The molecule has 0 bridgehead atoms. The average molecular weight is 494 g/mol. The molecule has 3 rings (SSSR count). The normalized spacial score (nSPS) is 11.8. The molecular weight excluding hydrogens is 473 g/mol. The number of carbonyl (C=O) groups is 2. The molecule has 1 atom stereocenters. The van der Waals surface area contributed by atoms with Crippen LogP contribution in [0.15, 0.2) is 46.1 Å². The lowest BCUT2D eigenvalue weighted by molar-refractivity contribution is -0.124. The Balaban J connectivity index is 1.58. The molecule has 0 aliphatic carbocycles. The molecule has 2 heterocycles. The van der Waals surface area contributed by atoms with Crippen molar-refractivity contribution in [3.8, 4) is 0 Å². The van der Waals surface area contributed by atoms with Crippen LogP contribution in [0, 0.1) is 13.8 Å². The van der Waals surface area contributed by atoms with Gasteiger partial charge in [-0.15, -0.1) is 11.8 Å². The minimum Gasteiger partial charge on any atom is -0.452 e. The number of halogens is 2. The van der Waals surface area contributed by atoms with Crippen LogP contribution in [0.25, 0.3) is 0 Å². The minimum atomic E-state index is -0.633. The zero-order valence-electron chi connectivity index (χ0n) is 17.6. The molecule has 32 heavy (non-hydrogen) atoms. The monoisotopic (exact) mass is 493 g/mol. The lowest BCUT2D eigenvalue weighted by Crippen LogP contribution is -2.31. The number of ether oxygens (including phenoxy) is 1. The fourth-order valence-electron chi connectivity index (χ4n) is 2.93. The third-order valence-corrected chi connectivity index (χ3v) is 6.26. The fourth-order valence-corrected chi connectivity index (χ4v) is 4.64. The topological polar surface area (TPSA) is 94.3 Å². The highest BCUT2D eigenvalue weighted by Gasteiger charge is 2.19. The Kier molecular flexibility index (Phi) is 8.17. The van der Waals surface area contributed by atoms with Crippen molar-refractivity contribution in [1.29, 1.82) is 0 Å². The lowest BCUT2D eigenvalue weighted by Gasteiger charge is -2.16. The van der Waals surface area contributed by atoms with E-state index in [4.69, 9.17) is 32.5 Å². The van der Waals surface area contributed by atoms with E-state index in [0.29, 0.717) is 26.4 Å². The van der Waals surface area contributed by atoms with E-state index in [9.17, 15) is 9.59 Å². The maximum Gasteiger partial charge on any atom is 0.341 e. The molecule has 1 aromatic carbocycles. The molecule has 0 radical (unpaired) electrons. The minimum absolute atomic E-state index is 0.283. The van der Waals surface area contributed by atoms with Gasteiger partial charge in [-0.1, -0.05) is 34.4 Å². The Morgan fingerprint density at radius 2 is 2.03 bits per heavy atom. The van der Waals surface area contributed by atoms with Crippen LogP contribution in [0.1, 0.15) is 45.9 Å². The van der Waals surface area contributed by atoms with Crippen molar-refractivity contribution < 1.29 is 18.8 Å². The van der Waals surface area contributed by atoms with Gasteiger partial charge < -0.3 is 14.6 Å². The number of nitrogens with zero attached hydrogens (tertiary/aromatic N) is 2. The van der Waals surface area contributed by atoms with Gasteiger partial charge in [0, 0.05) is 27.6 Å². The Labute approximate surface area is 199 Å². The first kappa shape index (κ1) is 24.1. The van der Waals surface area contributed by atoms with E-state index in [1.54, 1.807) is 43.5 Å². The molecule has 0 saturated heterocycles. The second kappa shape index (κ2) is 10.8. The molecular formula is C22H21Cl2N3O4S. The van der Waals surface area contributed by atoms with Gasteiger partial charge in [0.1, 0.15) is 10.8 Å². The van der Waals surface area contributed by atoms with E-state index in [2.05, 4.69) is 15.5 Å². The molecule has 2 aromatic heterocycles. The summed E-state index contributed by atoms with van der Waals surface area (Å²) in [6.45, 7) is 5.04. The van der Waals surface area contributed by atoms with Gasteiger partial charge in [-0.3, -0.25) is 4.79 Å². The Morgan fingerprint density at radius 1 is 1.25 bits per heavy atom.